The van der Waals surface area contributed by atoms with E-state index in [1.807, 2.05) is 149 Å². The molecule has 87 heavy (non-hydrogen) atoms. The highest BCUT2D eigenvalue weighted by atomic mass is 32.2. The summed E-state index contributed by atoms with van der Waals surface area (Å²) in [4.78, 5) is 55.0. The molecule has 4 rings (SSSR count). The molecule has 4 amide bonds. The number of rotatable bonds is 41. The van der Waals surface area contributed by atoms with Crippen molar-refractivity contribution in [2.45, 2.75) is 137 Å². The Bertz CT molecular complexity index is 2740. The number of nitrogens with zero attached hydrogens (tertiary/aromatic N) is 3. The van der Waals surface area contributed by atoms with Crippen molar-refractivity contribution in [2.75, 3.05) is 65.4 Å². The second-order valence-corrected chi connectivity index (χ2v) is 31.3. The molecule has 10 N–H and O–H groups in total. The lowest BCUT2D eigenvalue weighted by Crippen LogP contribution is -2.37. The number of nitrogens with two attached hydrogens (primary N) is 3. The van der Waals surface area contributed by atoms with Gasteiger partial charge in [-0.05, 0) is 153 Å². The number of benzene rings is 4. The molecule has 0 saturated carbocycles. The van der Waals surface area contributed by atoms with Crippen LogP contribution in [0.1, 0.15) is 140 Å². The lowest BCUT2D eigenvalue weighted by Gasteiger charge is -2.26. The molecule has 4 aromatic rings. The highest BCUT2D eigenvalue weighted by Crippen LogP contribution is 2.34. The maximum absolute atomic E-state index is 13.1. The number of carbonyl (C=O) groups excluding carboxylic acids is 4. The number of thioether (sulfide) groups is 4. The van der Waals surface area contributed by atoms with E-state index < -0.39 is 19.4 Å². The first-order chi connectivity index (χ1) is 41.5. The summed E-state index contributed by atoms with van der Waals surface area (Å²) < 4.78 is 1.86. The average molecular weight is 1330 g/mol. The molecule has 14 nitrogen and oxygen atoms in total. The van der Waals surface area contributed by atoms with Crippen LogP contribution >= 0.6 is 95.9 Å². The maximum atomic E-state index is 13.1. The topological polar surface area (TPSA) is 225 Å². The van der Waals surface area contributed by atoms with Gasteiger partial charge in [-0.1, -0.05) is 217 Å². The number of nitrogens with one attached hydrogen (secondary N) is 4. The first-order valence-electron chi connectivity index (χ1n) is 29.9. The summed E-state index contributed by atoms with van der Waals surface area (Å²) >= 11 is 28.1. The maximum Gasteiger partial charge on any atom is 0.220 e. The van der Waals surface area contributed by atoms with Gasteiger partial charge in [0.25, 0.3) is 0 Å². The van der Waals surface area contributed by atoms with E-state index in [9.17, 15) is 24.4 Å². The number of hydrogen-bond donors (Lipinski definition) is 7. The van der Waals surface area contributed by atoms with Crippen LogP contribution in [0.5, 0.6) is 0 Å². The van der Waals surface area contributed by atoms with Crippen molar-refractivity contribution in [3.63, 3.8) is 0 Å². The molecule has 0 heterocycles. The number of carbonyl (C=O) groups is 4. The first-order valence-corrected chi connectivity index (χ1v) is 34.8. The van der Waals surface area contributed by atoms with Crippen molar-refractivity contribution < 1.29 is 19.2 Å². The minimum Gasteiger partial charge on any atom is -0.356 e. The zero-order valence-electron chi connectivity index (χ0n) is 51.0. The monoisotopic (exact) mass is 1330 g/mol. The number of amides is 4. The molecule has 0 radical (unpaired) electrons. The standard InChI is InChI=1S/C65H90N10O4S8/c1-62(49-66,84-58(80)50-23-9-5-10-24-50)35-31-54(76)70-39-19-45-74(46-20-40-71-55(77)32-36-63(2,67)85-59(81)51-25-11-6-12-26-51)43-17-18-44-75(47-21-41-72-56(78)33-37-64(3,68)86-60(82)52-27-13-7-14-28-52)48-22-42-73-57(79)34-38-65(4,69)87-61(83)53-29-15-8-16-30-53/h5-16,23-30H,17-22,31-48,67-69H2,1-4H3,(H,70,76)(H,71,77)(H,72,78)(H,73,79). The largest absolute Gasteiger partial charge is 0.356 e. The molecule has 22 heteroatoms. The predicted octanol–water partition coefficient (Wildman–Crippen LogP) is 11.3. The third kappa shape index (κ3) is 32.9. The number of thiocarbonyl (C=S) groups is 4. The SMILES string of the molecule is CC(N)(CCC(=O)NCCCN(CCCCN(CCCNC(=O)CCC(C)(N)SC(=S)c1ccccc1)CCCNC(=O)CCC(C)(C#N)SC(=S)c1ccccc1)CCCNC(=O)CCC(C)(N)SC(=S)c1ccccc1)SC(=S)c1ccccc1. The number of unbranched alkanes of at least 4 members (excludes halogenated alkanes) is 1. The summed E-state index contributed by atoms with van der Waals surface area (Å²) in [6.45, 7) is 14.2. The molecule has 0 saturated heterocycles. The Labute approximate surface area is 556 Å². The van der Waals surface area contributed by atoms with Gasteiger partial charge in [0.05, 0.1) is 37.5 Å². The summed E-state index contributed by atoms with van der Waals surface area (Å²) in [6, 6.07) is 41.2. The highest BCUT2D eigenvalue weighted by Gasteiger charge is 2.29. The molecule has 0 aromatic heterocycles. The third-order valence-electron chi connectivity index (χ3n) is 14.0. The smallest absolute Gasteiger partial charge is 0.220 e. The van der Waals surface area contributed by atoms with Gasteiger partial charge in [-0.15, -0.1) is 0 Å². The molecular weight excluding hydrogens is 1240 g/mol. The molecule has 4 atom stereocenters. The van der Waals surface area contributed by atoms with Crippen LogP contribution in [0, 0.1) is 11.3 Å². The van der Waals surface area contributed by atoms with Crippen LogP contribution in [0.4, 0.5) is 0 Å². The lowest BCUT2D eigenvalue weighted by molar-refractivity contribution is -0.122. The van der Waals surface area contributed by atoms with Crippen molar-refractivity contribution in [1.29, 1.82) is 5.26 Å². The van der Waals surface area contributed by atoms with E-state index in [2.05, 4.69) is 37.1 Å². The molecule has 0 aliphatic heterocycles. The zero-order chi connectivity index (χ0) is 63.6. The van der Waals surface area contributed by atoms with Crippen LogP contribution in [-0.2, 0) is 19.2 Å². The average Bonchev–Trinajstić information content (AvgIpc) is 3.64. The first kappa shape index (κ1) is 75.3. The Morgan fingerprint density at radius 1 is 0.402 bits per heavy atom. The van der Waals surface area contributed by atoms with E-state index in [0.29, 0.717) is 68.6 Å². The summed E-state index contributed by atoms with van der Waals surface area (Å²) in [5, 5.41) is 22.4. The Hall–Kier alpha value is -4.19. The fraction of sp³-hybridized carbons (Fsp3) is 0.492. The highest BCUT2D eigenvalue weighted by molar-refractivity contribution is 8.25. The predicted molar refractivity (Wildman–Crippen MR) is 384 cm³/mol. The van der Waals surface area contributed by atoms with Gasteiger partial charge in [-0.2, -0.15) is 5.26 Å². The van der Waals surface area contributed by atoms with Crippen LogP contribution in [0.25, 0.3) is 0 Å². The lowest BCUT2D eigenvalue weighted by atomic mass is 10.1. The molecule has 0 aliphatic rings. The molecule has 4 unspecified atom stereocenters. The van der Waals surface area contributed by atoms with E-state index in [-0.39, 0.29) is 49.3 Å². The van der Waals surface area contributed by atoms with E-state index in [1.165, 1.54) is 47.0 Å². The van der Waals surface area contributed by atoms with Crippen LogP contribution in [-0.4, -0.2) is 135 Å². The van der Waals surface area contributed by atoms with Gasteiger partial charge in [0.1, 0.15) is 4.75 Å². The molecule has 0 aliphatic carbocycles. The van der Waals surface area contributed by atoms with E-state index in [0.717, 1.165) is 100 Å². The van der Waals surface area contributed by atoms with Crippen LogP contribution in [0.3, 0.4) is 0 Å². The van der Waals surface area contributed by atoms with Crippen LogP contribution in [0.15, 0.2) is 121 Å². The molecule has 0 bridgehead atoms. The summed E-state index contributed by atoms with van der Waals surface area (Å²) in [5.41, 5.74) is 23.5. The van der Waals surface area contributed by atoms with Crippen LogP contribution < -0.4 is 38.5 Å². The summed E-state index contributed by atoms with van der Waals surface area (Å²) in [5.74, 6) is -0.287. The van der Waals surface area contributed by atoms with Gasteiger partial charge in [-0.3, -0.25) is 19.2 Å². The Balaban J connectivity index is 1.30. The fourth-order valence-electron chi connectivity index (χ4n) is 8.91. The molecule has 0 spiro atoms. The molecular formula is C65H90N10O4S8. The molecule has 472 valence electrons. The Morgan fingerprint density at radius 3 is 0.885 bits per heavy atom. The quantitative estimate of drug-likeness (QED) is 0.0125. The fourth-order valence-corrected chi connectivity index (χ4v) is 15.3. The normalized spacial score (nSPS) is 14.1. The zero-order valence-corrected chi connectivity index (χ0v) is 57.5. The second kappa shape index (κ2) is 40.5. The summed E-state index contributed by atoms with van der Waals surface area (Å²) in [7, 11) is 0. The number of nitriles is 1. The van der Waals surface area contributed by atoms with Gasteiger partial charge in [0.15, 0.2) is 0 Å². The third-order valence-corrected chi connectivity index (χ3v) is 20.4. The van der Waals surface area contributed by atoms with Gasteiger partial charge in [0.2, 0.25) is 23.6 Å². The van der Waals surface area contributed by atoms with E-state index in [1.54, 1.807) is 0 Å². The summed E-state index contributed by atoms with van der Waals surface area (Å²) in [6.07, 6.45) is 7.53. The molecule has 4 aromatic carbocycles. The van der Waals surface area contributed by atoms with E-state index in [4.69, 9.17) is 66.1 Å². The van der Waals surface area contributed by atoms with Gasteiger partial charge in [0, 0.05) is 51.9 Å². The van der Waals surface area contributed by atoms with Gasteiger partial charge >= 0.3 is 0 Å². The second-order valence-electron chi connectivity index (χ2n) is 22.5. The Morgan fingerprint density at radius 2 is 0.632 bits per heavy atom. The minimum atomic E-state index is -0.853. The van der Waals surface area contributed by atoms with E-state index >= 15 is 0 Å². The van der Waals surface area contributed by atoms with Crippen molar-refractivity contribution in [2.24, 2.45) is 17.2 Å². The molecule has 0 fully saturated rings. The Kier molecular flexibility index (Phi) is 35.1. The van der Waals surface area contributed by atoms with Gasteiger partial charge in [-0.25, -0.2) is 0 Å². The van der Waals surface area contributed by atoms with Crippen molar-refractivity contribution in [1.82, 2.24) is 31.1 Å². The van der Waals surface area contributed by atoms with Crippen molar-refractivity contribution >= 4 is 136 Å². The number of hydrogen-bond acceptors (Lipinski definition) is 18. The minimum absolute atomic E-state index is 0.0571. The van der Waals surface area contributed by atoms with Crippen molar-refractivity contribution in [3.05, 3.63) is 144 Å². The van der Waals surface area contributed by atoms with Crippen molar-refractivity contribution in [3.8, 4) is 6.07 Å². The van der Waals surface area contributed by atoms with Gasteiger partial charge < -0.3 is 48.3 Å². The van der Waals surface area contributed by atoms with Crippen LogP contribution in [0.2, 0.25) is 0 Å².